The van der Waals surface area contributed by atoms with Crippen LogP contribution in [-0.4, -0.2) is 35.7 Å². The fourth-order valence-corrected chi connectivity index (χ4v) is 3.29. The van der Waals surface area contributed by atoms with Crippen LogP contribution in [0.4, 0.5) is 0 Å². The SMILES string of the molecule is CCCNCc1coc(CN2CC(C)(C)OC(C)(C)C2)c1. The molecule has 2 heterocycles. The Morgan fingerprint density at radius 3 is 2.48 bits per heavy atom. The first-order valence-corrected chi connectivity index (χ1v) is 7.99. The summed E-state index contributed by atoms with van der Waals surface area (Å²) in [6.07, 6.45) is 3.03. The van der Waals surface area contributed by atoms with Crippen molar-refractivity contribution < 1.29 is 9.15 Å². The Hall–Kier alpha value is -0.840. The molecule has 0 amide bonds. The lowest BCUT2D eigenvalue weighted by atomic mass is 9.99. The molecular weight excluding hydrogens is 264 g/mol. The van der Waals surface area contributed by atoms with E-state index >= 15 is 0 Å². The topological polar surface area (TPSA) is 37.6 Å². The van der Waals surface area contributed by atoms with Gasteiger partial charge in [-0.3, -0.25) is 4.90 Å². The summed E-state index contributed by atoms with van der Waals surface area (Å²) in [7, 11) is 0. The molecule has 120 valence electrons. The monoisotopic (exact) mass is 294 g/mol. The van der Waals surface area contributed by atoms with Gasteiger partial charge in [-0.1, -0.05) is 6.92 Å². The van der Waals surface area contributed by atoms with Gasteiger partial charge in [0.2, 0.25) is 0 Å². The third-order valence-electron chi connectivity index (χ3n) is 3.60. The summed E-state index contributed by atoms with van der Waals surface area (Å²) >= 11 is 0. The number of ether oxygens (including phenoxy) is 1. The highest BCUT2D eigenvalue weighted by atomic mass is 16.5. The number of hydrogen-bond acceptors (Lipinski definition) is 4. The number of rotatable bonds is 6. The molecule has 0 bridgehead atoms. The normalized spacial score (nSPS) is 21.6. The average molecular weight is 294 g/mol. The van der Waals surface area contributed by atoms with Crippen molar-refractivity contribution in [3.05, 3.63) is 23.7 Å². The minimum Gasteiger partial charge on any atom is -0.468 e. The van der Waals surface area contributed by atoms with Crippen LogP contribution in [0.3, 0.4) is 0 Å². The Labute approximate surface area is 128 Å². The highest BCUT2D eigenvalue weighted by Gasteiger charge is 2.38. The van der Waals surface area contributed by atoms with E-state index in [1.165, 1.54) is 5.56 Å². The second-order valence-corrected chi connectivity index (χ2v) is 7.36. The van der Waals surface area contributed by atoms with E-state index in [0.717, 1.165) is 44.9 Å². The lowest BCUT2D eigenvalue weighted by Crippen LogP contribution is -2.56. The van der Waals surface area contributed by atoms with Gasteiger partial charge in [-0.25, -0.2) is 0 Å². The maximum atomic E-state index is 6.12. The van der Waals surface area contributed by atoms with Crippen molar-refractivity contribution in [3.8, 4) is 0 Å². The molecule has 2 rings (SSSR count). The van der Waals surface area contributed by atoms with Crippen LogP contribution in [0.1, 0.15) is 52.4 Å². The Bertz CT molecular complexity index is 435. The fraction of sp³-hybridized carbons (Fsp3) is 0.765. The predicted molar refractivity (Wildman–Crippen MR) is 85.2 cm³/mol. The highest BCUT2D eigenvalue weighted by Crippen LogP contribution is 2.29. The molecule has 4 heteroatoms. The number of nitrogens with zero attached hydrogens (tertiary/aromatic N) is 1. The average Bonchev–Trinajstić information content (AvgIpc) is 2.72. The lowest BCUT2D eigenvalue weighted by Gasteiger charge is -2.47. The van der Waals surface area contributed by atoms with E-state index in [0.29, 0.717) is 0 Å². The van der Waals surface area contributed by atoms with Gasteiger partial charge in [0.25, 0.3) is 0 Å². The minimum atomic E-state index is -0.111. The third kappa shape index (κ3) is 5.13. The van der Waals surface area contributed by atoms with E-state index in [4.69, 9.17) is 9.15 Å². The quantitative estimate of drug-likeness (QED) is 0.818. The second-order valence-electron chi connectivity index (χ2n) is 7.36. The second kappa shape index (κ2) is 6.51. The molecule has 1 aromatic heterocycles. The summed E-state index contributed by atoms with van der Waals surface area (Å²) in [4.78, 5) is 2.42. The largest absolute Gasteiger partial charge is 0.468 e. The van der Waals surface area contributed by atoms with Crippen LogP contribution in [-0.2, 0) is 17.8 Å². The van der Waals surface area contributed by atoms with Crippen molar-refractivity contribution in [2.75, 3.05) is 19.6 Å². The van der Waals surface area contributed by atoms with Gasteiger partial charge in [0.15, 0.2) is 0 Å². The molecule has 0 aliphatic carbocycles. The molecule has 0 saturated carbocycles. The minimum absolute atomic E-state index is 0.111. The van der Waals surface area contributed by atoms with Gasteiger partial charge in [0.05, 0.1) is 24.0 Å². The molecular formula is C17H30N2O2. The van der Waals surface area contributed by atoms with E-state index < -0.39 is 0 Å². The molecule has 21 heavy (non-hydrogen) atoms. The Morgan fingerprint density at radius 2 is 1.86 bits per heavy atom. The van der Waals surface area contributed by atoms with Gasteiger partial charge in [-0.15, -0.1) is 0 Å². The molecule has 0 spiro atoms. The Kier molecular flexibility index (Phi) is 5.12. The smallest absolute Gasteiger partial charge is 0.118 e. The molecule has 0 radical (unpaired) electrons. The standard InChI is InChI=1S/C17H30N2O2/c1-6-7-18-9-14-8-15(20-11-14)10-19-12-16(2,3)21-17(4,5)13-19/h8,11,18H,6-7,9-10,12-13H2,1-5H3. The zero-order valence-electron chi connectivity index (χ0n) is 14.2. The van der Waals surface area contributed by atoms with Gasteiger partial charge >= 0.3 is 0 Å². The summed E-state index contributed by atoms with van der Waals surface area (Å²) in [5.41, 5.74) is 1.00. The summed E-state index contributed by atoms with van der Waals surface area (Å²) < 4.78 is 11.8. The summed E-state index contributed by atoms with van der Waals surface area (Å²) in [5.74, 6) is 1.04. The van der Waals surface area contributed by atoms with Crippen LogP contribution in [0.25, 0.3) is 0 Å². The van der Waals surface area contributed by atoms with E-state index in [1.54, 1.807) is 0 Å². The van der Waals surface area contributed by atoms with Crippen LogP contribution in [0.2, 0.25) is 0 Å². The van der Waals surface area contributed by atoms with Gasteiger partial charge < -0.3 is 14.5 Å². The van der Waals surface area contributed by atoms with E-state index in [2.05, 4.69) is 50.9 Å². The van der Waals surface area contributed by atoms with Crippen molar-refractivity contribution >= 4 is 0 Å². The van der Waals surface area contributed by atoms with Crippen LogP contribution < -0.4 is 5.32 Å². The first-order valence-electron chi connectivity index (χ1n) is 7.99. The molecule has 1 aliphatic rings. The van der Waals surface area contributed by atoms with E-state index in [-0.39, 0.29) is 11.2 Å². The molecule has 1 aromatic rings. The third-order valence-corrected chi connectivity index (χ3v) is 3.60. The molecule has 0 unspecified atom stereocenters. The first kappa shape index (κ1) is 16.5. The van der Waals surface area contributed by atoms with E-state index in [1.807, 2.05) is 6.26 Å². The summed E-state index contributed by atoms with van der Waals surface area (Å²) in [6.45, 7) is 15.4. The molecule has 1 N–H and O–H groups in total. The number of furan rings is 1. The van der Waals surface area contributed by atoms with Crippen LogP contribution in [0.5, 0.6) is 0 Å². The lowest BCUT2D eigenvalue weighted by molar-refractivity contribution is -0.182. The maximum Gasteiger partial charge on any atom is 0.118 e. The van der Waals surface area contributed by atoms with Gasteiger partial charge in [0.1, 0.15) is 5.76 Å². The summed E-state index contributed by atoms with van der Waals surface area (Å²) in [5, 5.41) is 3.40. The van der Waals surface area contributed by atoms with Gasteiger partial charge in [-0.05, 0) is 46.7 Å². The molecule has 0 aromatic carbocycles. The van der Waals surface area contributed by atoms with Crippen molar-refractivity contribution in [1.29, 1.82) is 0 Å². The van der Waals surface area contributed by atoms with Crippen LogP contribution in [0.15, 0.2) is 16.7 Å². The van der Waals surface area contributed by atoms with Crippen LogP contribution in [0, 0.1) is 0 Å². The zero-order chi connectivity index (χ0) is 15.5. The summed E-state index contributed by atoms with van der Waals surface area (Å²) in [6, 6.07) is 2.16. The van der Waals surface area contributed by atoms with Crippen molar-refractivity contribution in [2.45, 2.75) is 65.3 Å². The number of nitrogens with one attached hydrogen (secondary N) is 1. The predicted octanol–water partition coefficient (Wildman–Crippen LogP) is 3.17. The molecule has 1 aliphatic heterocycles. The highest BCUT2D eigenvalue weighted by molar-refractivity contribution is 5.13. The molecule has 1 saturated heterocycles. The fourth-order valence-electron chi connectivity index (χ4n) is 3.29. The Morgan fingerprint density at radius 1 is 1.19 bits per heavy atom. The first-order chi connectivity index (χ1) is 9.80. The number of hydrogen-bond donors (Lipinski definition) is 1. The van der Waals surface area contributed by atoms with Crippen molar-refractivity contribution in [3.63, 3.8) is 0 Å². The number of morpholine rings is 1. The van der Waals surface area contributed by atoms with E-state index in [9.17, 15) is 0 Å². The molecule has 0 atom stereocenters. The maximum absolute atomic E-state index is 6.12. The van der Waals surface area contributed by atoms with Crippen LogP contribution >= 0.6 is 0 Å². The van der Waals surface area contributed by atoms with Crippen molar-refractivity contribution in [1.82, 2.24) is 10.2 Å². The Balaban J connectivity index is 1.92. The zero-order valence-corrected chi connectivity index (χ0v) is 14.2. The van der Waals surface area contributed by atoms with Gasteiger partial charge in [0, 0.05) is 25.2 Å². The molecule has 4 nitrogen and oxygen atoms in total. The molecule has 1 fully saturated rings. The van der Waals surface area contributed by atoms with Gasteiger partial charge in [-0.2, -0.15) is 0 Å². The van der Waals surface area contributed by atoms with Crippen molar-refractivity contribution in [2.24, 2.45) is 0 Å².